The van der Waals surface area contributed by atoms with Crippen LogP contribution in [0.1, 0.15) is 0 Å². The van der Waals surface area contributed by atoms with Gasteiger partial charge in [0.2, 0.25) is 0 Å². The van der Waals surface area contributed by atoms with Crippen LogP contribution in [0.25, 0.3) is 22.2 Å². The van der Waals surface area contributed by atoms with E-state index in [0.717, 1.165) is 10.9 Å². The number of nitrogens with two attached hydrogens (primary N) is 1. The summed E-state index contributed by atoms with van der Waals surface area (Å²) in [5.41, 5.74) is 8.90. The molecule has 0 unspecified atom stereocenters. The van der Waals surface area contributed by atoms with Crippen LogP contribution in [0.3, 0.4) is 0 Å². The van der Waals surface area contributed by atoms with E-state index >= 15 is 0 Å². The Morgan fingerprint density at radius 2 is 1.77 bits per heavy atom. The quantitative estimate of drug-likeness (QED) is 0.525. The number of benzene rings is 3. The molecule has 0 saturated carbocycles. The van der Waals surface area contributed by atoms with Crippen molar-refractivity contribution in [3.05, 3.63) is 78.6 Å². The minimum atomic E-state index is -0.403. The van der Waals surface area contributed by atoms with Crippen LogP contribution in [-0.4, -0.2) is 15.8 Å². The second-order valence-electron chi connectivity index (χ2n) is 5.84. The highest BCUT2D eigenvalue weighted by molar-refractivity contribution is 6.02. The molecule has 3 aromatic carbocycles. The fourth-order valence-corrected chi connectivity index (χ4v) is 2.83. The van der Waals surface area contributed by atoms with E-state index in [9.17, 15) is 9.18 Å². The number of nitrogen functional groups attached to an aromatic ring is 1. The second kappa shape index (κ2) is 6.33. The topological polar surface area (TPSA) is 72.9 Å². The summed E-state index contributed by atoms with van der Waals surface area (Å²) in [5.74, 6) is -0.322. The second-order valence-corrected chi connectivity index (χ2v) is 5.84. The van der Waals surface area contributed by atoms with Crippen LogP contribution >= 0.6 is 0 Å². The van der Waals surface area contributed by atoms with E-state index in [1.807, 2.05) is 24.3 Å². The zero-order valence-corrected chi connectivity index (χ0v) is 13.7. The first-order valence-electron chi connectivity index (χ1n) is 8.02. The van der Waals surface area contributed by atoms with E-state index < -0.39 is 6.03 Å². The highest BCUT2D eigenvalue weighted by Crippen LogP contribution is 2.28. The predicted octanol–water partition coefficient (Wildman–Crippen LogP) is 4.50. The molecule has 0 spiro atoms. The molecule has 1 heterocycles. The van der Waals surface area contributed by atoms with Crippen LogP contribution in [0.2, 0.25) is 0 Å². The SMILES string of the molecule is Nc1cccc(NC(=O)n2nc(-c3ccc(F)cc3)c3ccccc32)c1. The third-order valence-corrected chi connectivity index (χ3v) is 4.04. The van der Waals surface area contributed by atoms with Crippen molar-refractivity contribution in [2.45, 2.75) is 0 Å². The molecule has 6 heteroatoms. The fraction of sp³-hybridized carbons (Fsp3) is 0. The van der Waals surface area contributed by atoms with E-state index in [1.165, 1.54) is 16.8 Å². The highest BCUT2D eigenvalue weighted by Gasteiger charge is 2.16. The number of hydrogen-bond donors (Lipinski definition) is 2. The summed E-state index contributed by atoms with van der Waals surface area (Å²) in [6.07, 6.45) is 0. The van der Waals surface area contributed by atoms with Gasteiger partial charge < -0.3 is 11.1 Å². The Kier molecular flexibility index (Phi) is 3.85. The van der Waals surface area contributed by atoms with Gasteiger partial charge in [0.25, 0.3) is 0 Å². The van der Waals surface area contributed by atoms with Crippen LogP contribution in [0.15, 0.2) is 72.8 Å². The Hall–Kier alpha value is -3.67. The maximum atomic E-state index is 13.2. The third kappa shape index (κ3) is 2.88. The van der Waals surface area contributed by atoms with Crippen LogP contribution in [0, 0.1) is 5.82 Å². The lowest BCUT2D eigenvalue weighted by Gasteiger charge is -2.06. The number of carbonyl (C=O) groups is 1. The molecule has 0 fully saturated rings. The van der Waals surface area contributed by atoms with Crippen molar-refractivity contribution in [3.8, 4) is 11.3 Å². The Labute approximate surface area is 148 Å². The molecule has 26 heavy (non-hydrogen) atoms. The zero-order chi connectivity index (χ0) is 18.1. The minimum Gasteiger partial charge on any atom is -0.399 e. The maximum absolute atomic E-state index is 13.2. The molecule has 1 aromatic heterocycles. The van der Waals surface area contributed by atoms with Crippen LogP contribution in [0.5, 0.6) is 0 Å². The Bertz CT molecular complexity index is 1100. The van der Waals surface area contributed by atoms with Gasteiger partial charge in [0.1, 0.15) is 11.5 Å². The maximum Gasteiger partial charge on any atom is 0.347 e. The predicted molar refractivity (Wildman–Crippen MR) is 100 cm³/mol. The molecule has 128 valence electrons. The lowest BCUT2D eigenvalue weighted by molar-refractivity contribution is 0.252. The molecule has 4 aromatic rings. The number of halogens is 1. The van der Waals surface area contributed by atoms with Gasteiger partial charge >= 0.3 is 6.03 Å². The number of nitrogens with one attached hydrogen (secondary N) is 1. The summed E-state index contributed by atoms with van der Waals surface area (Å²) < 4.78 is 14.5. The molecule has 0 aliphatic carbocycles. The first-order chi connectivity index (χ1) is 12.6. The zero-order valence-electron chi connectivity index (χ0n) is 13.7. The molecule has 0 aliphatic rings. The largest absolute Gasteiger partial charge is 0.399 e. The van der Waals surface area contributed by atoms with Crippen LogP contribution in [0.4, 0.5) is 20.6 Å². The number of nitrogens with zero attached hydrogens (tertiary/aromatic N) is 2. The number of anilines is 2. The first kappa shape index (κ1) is 15.8. The summed E-state index contributed by atoms with van der Waals surface area (Å²) in [6.45, 7) is 0. The van der Waals surface area contributed by atoms with Crippen LogP contribution in [-0.2, 0) is 0 Å². The number of aromatic nitrogens is 2. The normalized spacial score (nSPS) is 10.8. The number of amides is 1. The van der Waals surface area contributed by atoms with E-state index in [-0.39, 0.29) is 5.82 Å². The molecule has 0 bridgehead atoms. The van der Waals surface area contributed by atoms with Crippen molar-refractivity contribution in [2.24, 2.45) is 0 Å². The molecule has 0 aliphatic heterocycles. The minimum absolute atomic E-state index is 0.322. The third-order valence-electron chi connectivity index (χ3n) is 4.04. The molecule has 0 saturated heterocycles. The molecule has 0 radical (unpaired) electrons. The van der Waals surface area contributed by atoms with Gasteiger partial charge in [-0.05, 0) is 48.5 Å². The lowest BCUT2D eigenvalue weighted by atomic mass is 10.1. The molecular formula is C20H15FN4O. The summed E-state index contributed by atoms with van der Waals surface area (Å²) in [5, 5.41) is 8.05. The smallest absolute Gasteiger partial charge is 0.347 e. The van der Waals surface area contributed by atoms with Crippen molar-refractivity contribution in [1.82, 2.24) is 9.78 Å². The number of hydrogen-bond acceptors (Lipinski definition) is 3. The Morgan fingerprint density at radius 3 is 2.54 bits per heavy atom. The van der Waals surface area contributed by atoms with Gasteiger partial charge in [-0.2, -0.15) is 9.78 Å². The summed E-state index contributed by atoms with van der Waals surface area (Å²) >= 11 is 0. The van der Waals surface area contributed by atoms with E-state index in [2.05, 4.69) is 10.4 Å². The van der Waals surface area contributed by atoms with Gasteiger partial charge in [0.05, 0.1) is 5.52 Å². The Balaban J connectivity index is 1.78. The average Bonchev–Trinajstić information content (AvgIpc) is 3.02. The van der Waals surface area contributed by atoms with Gasteiger partial charge in [-0.25, -0.2) is 9.18 Å². The van der Waals surface area contributed by atoms with Crippen molar-refractivity contribution in [3.63, 3.8) is 0 Å². The number of rotatable bonds is 2. The van der Waals surface area contributed by atoms with Gasteiger partial charge in [-0.15, -0.1) is 0 Å². The van der Waals surface area contributed by atoms with Crippen molar-refractivity contribution in [1.29, 1.82) is 0 Å². The van der Waals surface area contributed by atoms with Crippen molar-refractivity contribution in [2.75, 3.05) is 11.1 Å². The molecule has 1 amide bonds. The number of fused-ring (bicyclic) bond motifs is 1. The summed E-state index contributed by atoms with van der Waals surface area (Å²) in [7, 11) is 0. The average molecular weight is 346 g/mol. The standard InChI is InChI=1S/C20H15FN4O/c21-14-10-8-13(9-11-14)19-17-6-1-2-7-18(17)25(24-19)20(26)23-16-5-3-4-15(22)12-16/h1-12H,22H2,(H,23,26). The molecule has 3 N–H and O–H groups in total. The van der Waals surface area contributed by atoms with Gasteiger partial charge in [-0.3, -0.25) is 0 Å². The van der Waals surface area contributed by atoms with Gasteiger partial charge in [0, 0.05) is 22.3 Å². The van der Waals surface area contributed by atoms with E-state index in [4.69, 9.17) is 5.73 Å². The van der Waals surface area contributed by atoms with Crippen LogP contribution < -0.4 is 11.1 Å². The number of para-hydroxylation sites is 1. The van der Waals surface area contributed by atoms with Crippen molar-refractivity contribution >= 4 is 28.3 Å². The fourth-order valence-electron chi connectivity index (χ4n) is 2.83. The van der Waals surface area contributed by atoms with E-state index in [1.54, 1.807) is 36.4 Å². The molecule has 0 atom stereocenters. The summed E-state index contributed by atoms with van der Waals surface area (Å²) in [4.78, 5) is 12.7. The van der Waals surface area contributed by atoms with Gasteiger partial charge in [0.15, 0.2) is 0 Å². The highest BCUT2D eigenvalue weighted by atomic mass is 19.1. The number of carbonyl (C=O) groups excluding carboxylic acids is 1. The molecule has 4 rings (SSSR count). The summed E-state index contributed by atoms with van der Waals surface area (Å²) in [6, 6.07) is 20.0. The van der Waals surface area contributed by atoms with E-state index in [0.29, 0.717) is 22.6 Å². The monoisotopic (exact) mass is 346 g/mol. The van der Waals surface area contributed by atoms with Crippen molar-refractivity contribution < 1.29 is 9.18 Å². The molecule has 5 nitrogen and oxygen atoms in total. The lowest BCUT2D eigenvalue weighted by Crippen LogP contribution is -2.20. The molecular weight excluding hydrogens is 331 g/mol. The first-order valence-corrected chi connectivity index (χ1v) is 8.02. The van der Waals surface area contributed by atoms with Gasteiger partial charge in [-0.1, -0.05) is 24.3 Å². The Morgan fingerprint density at radius 1 is 1.00 bits per heavy atom.